The highest BCUT2D eigenvalue weighted by atomic mass is 35.5. The number of nitrogens with zero attached hydrogens (tertiary/aromatic N) is 5. The van der Waals surface area contributed by atoms with Gasteiger partial charge in [0.15, 0.2) is 11.6 Å². The second-order valence-electron chi connectivity index (χ2n) is 14.2. The minimum absolute atomic E-state index is 0.159. The molecule has 0 radical (unpaired) electrons. The molecule has 0 unspecified atom stereocenters. The van der Waals surface area contributed by atoms with Crippen LogP contribution in [0, 0.1) is 0 Å². The molecule has 0 bridgehead atoms. The Morgan fingerprint density at radius 1 is 1.00 bits per heavy atom. The van der Waals surface area contributed by atoms with Crippen LogP contribution < -0.4 is 30.9 Å². The van der Waals surface area contributed by atoms with Gasteiger partial charge in [-0.2, -0.15) is 4.98 Å². The Labute approximate surface area is 309 Å². The number of rotatable bonds is 10. The molecule has 3 N–H and O–H groups in total. The van der Waals surface area contributed by atoms with Crippen LogP contribution in [0.25, 0.3) is 0 Å². The van der Waals surface area contributed by atoms with E-state index in [4.69, 9.17) is 21.1 Å². The average Bonchev–Trinajstić information content (AvgIpc) is 3.09. The van der Waals surface area contributed by atoms with Gasteiger partial charge in [0.2, 0.25) is 5.95 Å². The van der Waals surface area contributed by atoms with Crippen molar-refractivity contribution in [3.63, 3.8) is 0 Å². The van der Waals surface area contributed by atoms with Crippen LogP contribution in [-0.4, -0.2) is 103 Å². The van der Waals surface area contributed by atoms with Crippen molar-refractivity contribution in [3.05, 3.63) is 60.0 Å². The molecule has 2 aliphatic heterocycles. The number of nitrogens with one attached hydrogen (secondary N) is 3. The summed E-state index contributed by atoms with van der Waals surface area (Å²) in [6.07, 6.45) is 2.84. The summed E-state index contributed by atoms with van der Waals surface area (Å²) in [5, 5.41) is 9.86. The molecule has 3 heterocycles. The van der Waals surface area contributed by atoms with E-state index in [2.05, 4.69) is 42.3 Å². The Bertz CT molecular complexity index is 1850. The average molecular weight is 757 g/mol. The minimum atomic E-state index is -2.62. The summed E-state index contributed by atoms with van der Waals surface area (Å²) in [6, 6.07) is 11.0. The predicted molar refractivity (Wildman–Crippen MR) is 206 cm³/mol. The molecule has 2 fully saturated rings. The smallest absolute Gasteiger partial charge is 0.410 e. The van der Waals surface area contributed by atoms with Gasteiger partial charge in [0.05, 0.1) is 36.1 Å². The molecule has 3 aromatic rings. The van der Waals surface area contributed by atoms with Gasteiger partial charge < -0.3 is 39.8 Å². The molecule has 2 aromatic carbocycles. The number of carbonyl (C=O) groups is 2. The first kappa shape index (κ1) is 38.8. The number of hydrogen-bond donors (Lipinski definition) is 3. The zero-order valence-corrected chi connectivity index (χ0v) is 32.1. The Morgan fingerprint density at radius 2 is 1.67 bits per heavy atom. The fourth-order valence-corrected chi connectivity index (χ4v) is 7.56. The van der Waals surface area contributed by atoms with Gasteiger partial charge in [-0.15, -0.1) is 0 Å². The molecule has 2 aliphatic rings. The van der Waals surface area contributed by atoms with Gasteiger partial charge in [-0.05, 0) is 65.1 Å². The first-order chi connectivity index (χ1) is 24.5. The van der Waals surface area contributed by atoms with Crippen LogP contribution in [-0.2, 0) is 14.1 Å². The van der Waals surface area contributed by atoms with Crippen LogP contribution in [0.3, 0.4) is 0 Å². The number of carbonyl (C=O) groups excluding carboxylic acids is 2. The lowest BCUT2D eigenvalue weighted by Crippen LogP contribution is -2.55. The fourth-order valence-electron chi connectivity index (χ4n) is 6.27. The van der Waals surface area contributed by atoms with Crippen LogP contribution in [0.4, 0.5) is 43.7 Å². The number of para-hydroxylation sites is 1. The molecule has 0 aliphatic carbocycles. The Morgan fingerprint density at radius 3 is 2.29 bits per heavy atom. The van der Waals surface area contributed by atoms with E-state index in [1.165, 1.54) is 13.3 Å². The van der Waals surface area contributed by atoms with E-state index in [1.807, 2.05) is 32.9 Å². The maximum Gasteiger partial charge on any atom is 0.410 e. The standard InChI is InChI=1S/C36H47ClFN8O5P/c1-23(38)33(47)41-27-20-28(42-34-39-22-25(37)32(43-34)40-26-10-8-9-11-31(26)52(6,7)49)30(50-5)21-29(27)45-14-12-24(13-15-45)44-16-18-46(19-17-44)35(48)51-36(2,3)4/h8-11,20-22,24H,1,12-19H2,2-7H3,(H,41,47)(H2,39,40,42,43). The lowest BCUT2D eigenvalue weighted by atomic mass is 10.0. The highest BCUT2D eigenvalue weighted by Crippen LogP contribution is 2.41. The molecule has 2 amide bonds. The first-order valence-electron chi connectivity index (χ1n) is 17.1. The molecule has 2 saturated heterocycles. The zero-order chi connectivity index (χ0) is 37.8. The largest absolute Gasteiger partial charge is 0.494 e. The van der Waals surface area contributed by atoms with Gasteiger partial charge in [0.25, 0.3) is 5.91 Å². The van der Waals surface area contributed by atoms with Gasteiger partial charge in [0, 0.05) is 56.7 Å². The number of piperazine rings is 1. The molecule has 16 heteroatoms. The van der Waals surface area contributed by atoms with Crippen molar-refractivity contribution in [2.45, 2.75) is 45.3 Å². The van der Waals surface area contributed by atoms with E-state index in [0.717, 1.165) is 25.9 Å². The lowest BCUT2D eigenvalue weighted by molar-refractivity contribution is -0.114. The van der Waals surface area contributed by atoms with Gasteiger partial charge in [-0.3, -0.25) is 9.69 Å². The van der Waals surface area contributed by atoms with E-state index in [1.54, 1.807) is 42.5 Å². The third-order valence-corrected chi connectivity index (χ3v) is 10.7. The molecule has 52 heavy (non-hydrogen) atoms. The van der Waals surface area contributed by atoms with E-state index in [9.17, 15) is 18.5 Å². The van der Waals surface area contributed by atoms with Gasteiger partial charge in [-0.1, -0.05) is 30.3 Å². The molecule has 13 nitrogen and oxygen atoms in total. The first-order valence-corrected chi connectivity index (χ1v) is 20.1. The van der Waals surface area contributed by atoms with Crippen molar-refractivity contribution in [3.8, 4) is 5.75 Å². The topological polar surface area (TPSA) is 141 Å². The quantitative estimate of drug-likeness (QED) is 0.148. The Balaban J connectivity index is 1.33. The normalized spacial score (nSPS) is 15.9. The van der Waals surface area contributed by atoms with Gasteiger partial charge in [-0.25, -0.2) is 14.2 Å². The summed E-state index contributed by atoms with van der Waals surface area (Å²) in [4.78, 5) is 40.3. The van der Waals surface area contributed by atoms with Crippen LogP contribution in [0.1, 0.15) is 33.6 Å². The van der Waals surface area contributed by atoms with E-state index < -0.39 is 24.5 Å². The van der Waals surface area contributed by atoms with Crippen molar-refractivity contribution in [1.82, 2.24) is 19.8 Å². The third-order valence-electron chi connectivity index (χ3n) is 8.83. The lowest BCUT2D eigenvalue weighted by Gasteiger charge is -2.43. The molecular formula is C36H47ClFN8O5P. The summed E-state index contributed by atoms with van der Waals surface area (Å²) in [5.41, 5.74) is 1.48. The Hall–Kier alpha value is -4.39. The number of piperidine rings is 1. The fraction of sp³-hybridized carbons (Fsp3) is 0.444. The minimum Gasteiger partial charge on any atom is -0.494 e. The molecule has 0 spiro atoms. The van der Waals surface area contributed by atoms with E-state index >= 15 is 0 Å². The van der Waals surface area contributed by atoms with E-state index in [-0.39, 0.29) is 22.9 Å². The Kier molecular flexibility index (Phi) is 12.0. The number of hydrogen-bond acceptors (Lipinski definition) is 11. The summed E-state index contributed by atoms with van der Waals surface area (Å²) in [6.45, 7) is 16.2. The number of methoxy groups -OCH3 is 1. The second-order valence-corrected chi connectivity index (χ2v) is 17.7. The van der Waals surface area contributed by atoms with Crippen LogP contribution >= 0.6 is 18.7 Å². The number of benzene rings is 2. The molecule has 0 saturated carbocycles. The van der Waals surface area contributed by atoms with Crippen LogP contribution in [0.15, 0.2) is 55.0 Å². The number of halogens is 2. The summed E-state index contributed by atoms with van der Waals surface area (Å²) < 4.78 is 38.2. The number of ether oxygens (including phenoxy) is 2. The molecule has 280 valence electrons. The SMILES string of the molecule is C=C(F)C(=O)Nc1cc(Nc2ncc(Cl)c(Nc3ccccc3P(C)(C)=O)n2)c(OC)cc1N1CCC(N2CCN(C(=O)OC(C)(C)C)CC2)CC1. The summed E-state index contributed by atoms with van der Waals surface area (Å²) >= 11 is 6.46. The summed E-state index contributed by atoms with van der Waals surface area (Å²) in [7, 11) is -1.10. The molecule has 1 aromatic heterocycles. The zero-order valence-electron chi connectivity index (χ0n) is 30.5. The van der Waals surface area contributed by atoms with Crippen molar-refractivity contribution in [2.24, 2.45) is 0 Å². The monoisotopic (exact) mass is 756 g/mol. The van der Waals surface area contributed by atoms with Gasteiger partial charge in [0.1, 0.15) is 23.5 Å². The maximum absolute atomic E-state index is 14.0. The molecule has 0 atom stereocenters. The van der Waals surface area contributed by atoms with E-state index in [0.29, 0.717) is 66.0 Å². The number of anilines is 6. The van der Waals surface area contributed by atoms with Crippen LogP contribution in [0.5, 0.6) is 5.75 Å². The van der Waals surface area contributed by atoms with Gasteiger partial charge >= 0.3 is 6.09 Å². The molecule has 5 rings (SSSR count). The summed E-state index contributed by atoms with van der Waals surface area (Å²) in [5.74, 6) is -1.21. The molecular weight excluding hydrogens is 710 g/mol. The number of aromatic nitrogens is 2. The van der Waals surface area contributed by atoms with Crippen molar-refractivity contribution in [1.29, 1.82) is 0 Å². The predicted octanol–water partition coefficient (Wildman–Crippen LogP) is 6.82. The number of amides is 2. The maximum atomic E-state index is 14.0. The second kappa shape index (κ2) is 16.1. The highest BCUT2D eigenvalue weighted by molar-refractivity contribution is 7.70. The van der Waals surface area contributed by atoms with Crippen molar-refractivity contribution < 1.29 is 28.0 Å². The van der Waals surface area contributed by atoms with Crippen LogP contribution in [0.2, 0.25) is 5.02 Å². The third kappa shape index (κ3) is 9.72. The van der Waals surface area contributed by atoms with Crippen molar-refractivity contribution >= 4 is 70.6 Å². The highest BCUT2D eigenvalue weighted by Gasteiger charge is 2.32. The van der Waals surface area contributed by atoms with Crippen molar-refractivity contribution in [2.75, 3.05) is 80.6 Å².